The van der Waals surface area contributed by atoms with Crippen LogP contribution in [0.4, 0.5) is 0 Å². The Balaban J connectivity index is 1.18. The minimum Gasteiger partial charge on any atom is -0.481 e. The van der Waals surface area contributed by atoms with Crippen molar-refractivity contribution in [3.63, 3.8) is 0 Å². The van der Waals surface area contributed by atoms with Gasteiger partial charge in [0, 0.05) is 60.8 Å². The van der Waals surface area contributed by atoms with E-state index in [1.165, 1.54) is 5.57 Å². The Hall–Kier alpha value is -2.47. The SMILES string of the molecule is C[C@]1(CO)CC[C@]2(C(=O)O)CC[C@]3(C)C(=CC[C@@H]4[C@]5(C)[C@@H]6[C@H](C[C@]43C)NC[C@@]5(C[C@H]3CC(=O)N[C@@H]3Cc3cnc[nH]3)[C@@H](O)[C@@H](O[C@@H]3OC[C@@H](O)[C@H](O)[C@H]3O)[C@@]6(C)CO)[C@@H]2C1. The maximum absolute atomic E-state index is 13.4. The first-order valence-corrected chi connectivity index (χ1v) is 22.4. The zero-order valence-electron chi connectivity index (χ0n) is 35.8. The summed E-state index contributed by atoms with van der Waals surface area (Å²) >= 11 is 0. The molecule has 7 fully saturated rings. The average molecular weight is 841 g/mol. The normalized spacial score (nSPS) is 53.3. The Bertz CT molecular complexity index is 1880. The van der Waals surface area contributed by atoms with Gasteiger partial charge in [0.25, 0.3) is 0 Å². The van der Waals surface area contributed by atoms with Crippen LogP contribution in [-0.2, 0) is 25.5 Å². The molecule has 15 nitrogen and oxygen atoms in total. The molecule has 4 saturated carbocycles. The van der Waals surface area contributed by atoms with E-state index in [1.807, 2.05) is 6.92 Å². The largest absolute Gasteiger partial charge is 0.481 e. The van der Waals surface area contributed by atoms with Crippen LogP contribution < -0.4 is 10.6 Å². The zero-order chi connectivity index (χ0) is 43.0. The lowest BCUT2D eigenvalue weighted by molar-refractivity contribution is -0.370. The van der Waals surface area contributed by atoms with Crippen molar-refractivity contribution in [1.29, 1.82) is 0 Å². The molecule has 5 aliphatic carbocycles. The van der Waals surface area contributed by atoms with Gasteiger partial charge in [-0.1, -0.05) is 46.3 Å². The van der Waals surface area contributed by atoms with Crippen molar-refractivity contribution in [2.45, 2.75) is 148 Å². The van der Waals surface area contributed by atoms with Gasteiger partial charge in [0.05, 0.1) is 37.2 Å². The van der Waals surface area contributed by atoms with Gasteiger partial charge < -0.3 is 60.8 Å². The Morgan fingerprint density at radius 3 is 2.43 bits per heavy atom. The number of H-pyrrole nitrogens is 1. The third-order valence-electron chi connectivity index (χ3n) is 19.5. The first kappa shape index (κ1) is 42.8. The molecule has 10 N–H and O–H groups in total. The number of hydrogen-bond donors (Lipinski definition) is 10. The number of aromatic amines is 1. The number of nitrogens with one attached hydrogen (secondary N) is 3. The number of amides is 1. The molecule has 1 aromatic rings. The van der Waals surface area contributed by atoms with Gasteiger partial charge in [0.1, 0.15) is 18.3 Å². The molecule has 15 heteroatoms. The van der Waals surface area contributed by atoms with Crippen molar-refractivity contribution in [3.05, 3.63) is 29.9 Å². The summed E-state index contributed by atoms with van der Waals surface area (Å²) in [7, 11) is 0. The van der Waals surface area contributed by atoms with Crippen LogP contribution in [0, 0.1) is 61.6 Å². The summed E-state index contributed by atoms with van der Waals surface area (Å²) < 4.78 is 12.5. The summed E-state index contributed by atoms with van der Waals surface area (Å²) in [6.45, 7) is 10.8. The average Bonchev–Trinajstić information content (AvgIpc) is 3.85. The van der Waals surface area contributed by atoms with Crippen LogP contribution in [0.3, 0.4) is 0 Å². The van der Waals surface area contributed by atoms with E-state index in [2.05, 4.69) is 54.4 Å². The maximum atomic E-state index is 13.4. The van der Waals surface area contributed by atoms with Crippen molar-refractivity contribution < 1.29 is 54.8 Å². The van der Waals surface area contributed by atoms with Crippen LogP contribution in [0.5, 0.6) is 0 Å². The van der Waals surface area contributed by atoms with Crippen LogP contribution in [0.25, 0.3) is 0 Å². The monoisotopic (exact) mass is 840 g/mol. The molecule has 19 atom stereocenters. The van der Waals surface area contributed by atoms with E-state index >= 15 is 0 Å². The number of fused-ring (bicyclic) bond motifs is 5. The number of carbonyl (C=O) groups excluding carboxylic acids is 1. The van der Waals surface area contributed by atoms with Gasteiger partial charge in [0.2, 0.25) is 5.91 Å². The summed E-state index contributed by atoms with van der Waals surface area (Å²) in [6.07, 6.45) is 3.18. The number of aromatic nitrogens is 2. The number of aliphatic hydroxyl groups is 6. The number of aliphatic carboxylic acids is 1. The number of aliphatic hydroxyl groups excluding tert-OH is 6. The second-order valence-corrected chi connectivity index (χ2v) is 22.0. The van der Waals surface area contributed by atoms with Gasteiger partial charge in [-0.2, -0.15) is 0 Å². The molecule has 9 rings (SSSR count). The number of nitrogens with zero attached hydrogens (tertiary/aromatic N) is 1. The van der Waals surface area contributed by atoms with E-state index in [0.717, 1.165) is 12.1 Å². The molecule has 60 heavy (non-hydrogen) atoms. The lowest BCUT2D eigenvalue weighted by Crippen LogP contribution is -2.84. The number of hydrogen-bond acceptors (Lipinski definition) is 12. The van der Waals surface area contributed by atoms with Gasteiger partial charge in [-0.3, -0.25) is 9.59 Å². The highest BCUT2D eigenvalue weighted by Crippen LogP contribution is 2.80. The quantitative estimate of drug-likeness (QED) is 0.126. The number of carbonyl (C=O) groups is 2. The van der Waals surface area contributed by atoms with Gasteiger partial charge in [-0.25, -0.2) is 4.98 Å². The van der Waals surface area contributed by atoms with E-state index in [0.29, 0.717) is 57.9 Å². The van der Waals surface area contributed by atoms with Crippen LogP contribution >= 0.6 is 0 Å². The van der Waals surface area contributed by atoms with Gasteiger partial charge >= 0.3 is 5.97 Å². The van der Waals surface area contributed by atoms with Crippen LogP contribution in [0.1, 0.15) is 98.1 Å². The molecule has 0 unspecified atom stereocenters. The molecule has 3 saturated heterocycles. The first-order chi connectivity index (χ1) is 28.3. The van der Waals surface area contributed by atoms with Gasteiger partial charge in [0.15, 0.2) is 6.29 Å². The second-order valence-electron chi connectivity index (χ2n) is 22.0. The van der Waals surface area contributed by atoms with Crippen molar-refractivity contribution in [2.24, 2.45) is 61.6 Å². The Labute approximate surface area is 352 Å². The smallest absolute Gasteiger partial charge is 0.310 e. The molecule has 334 valence electrons. The number of ether oxygens (including phenoxy) is 2. The van der Waals surface area contributed by atoms with E-state index in [4.69, 9.17) is 9.47 Å². The summed E-state index contributed by atoms with van der Waals surface area (Å²) in [5.41, 5.74) is -2.75. The highest BCUT2D eigenvalue weighted by Gasteiger charge is 2.80. The molecule has 3 aliphatic heterocycles. The molecule has 8 aliphatic rings. The lowest BCUT2D eigenvalue weighted by Gasteiger charge is -2.80. The minimum absolute atomic E-state index is 0.000574. The fourth-order valence-corrected chi connectivity index (χ4v) is 16.0. The van der Waals surface area contributed by atoms with E-state index in [-0.39, 0.29) is 73.3 Å². The van der Waals surface area contributed by atoms with Gasteiger partial charge in [-0.15, -0.1) is 0 Å². The summed E-state index contributed by atoms with van der Waals surface area (Å²) in [6, 6.07) is -0.407. The first-order valence-electron chi connectivity index (χ1n) is 22.4. The number of piperidine rings is 1. The lowest BCUT2D eigenvalue weighted by atomic mass is 9.27. The molecule has 0 radical (unpaired) electrons. The number of carboxylic acid groups (broad SMARTS) is 1. The van der Waals surface area contributed by atoms with E-state index < -0.39 is 75.3 Å². The molecule has 1 aromatic heterocycles. The van der Waals surface area contributed by atoms with Crippen LogP contribution in [0.15, 0.2) is 24.2 Å². The Morgan fingerprint density at radius 2 is 1.75 bits per heavy atom. The Morgan fingerprint density at radius 1 is 1.00 bits per heavy atom. The fraction of sp³-hybridized carbons (Fsp3) is 0.844. The molecule has 0 spiro atoms. The second kappa shape index (κ2) is 14.3. The van der Waals surface area contributed by atoms with Gasteiger partial charge in [-0.05, 0) is 96.7 Å². The third kappa shape index (κ3) is 5.61. The highest BCUT2D eigenvalue weighted by atomic mass is 16.7. The summed E-state index contributed by atoms with van der Waals surface area (Å²) in [5.74, 6) is -1.56. The molecular weight excluding hydrogens is 773 g/mol. The van der Waals surface area contributed by atoms with E-state index in [1.54, 1.807) is 12.5 Å². The molecule has 0 aromatic carbocycles. The standard InChI is InChI=1S/C45H68N4O11/c1-39(20-50)8-10-44(38(57)58)11-9-41(3)25(26(44)15-39)6-7-30-42(41,4)16-28-34-40(2,21-51)36(60-37-33(55)32(54)29(52)18-59-37)35(56)45(19-47-28,43(30,34)5)14-23-12-31(53)49-27(23)13-24-17-46-22-48-24/h6,17,22-23,26-30,32-37,47,50-52,54-56H,7-16,18-21H2,1-5H3,(H,46,48)(H,49,53)(H,57,58)/t23-,26+,27-,28+,29-,30+,32+,33-,34-,35+,36-,37+,39+,40+,41-,42-,43-,44+,45+/m1/s1. The number of imidazole rings is 1. The summed E-state index contributed by atoms with van der Waals surface area (Å²) in [4.78, 5) is 34.1. The van der Waals surface area contributed by atoms with Crippen LogP contribution in [-0.4, -0.2) is 133 Å². The molecular formula is C45H68N4O11. The molecule has 4 bridgehead atoms. The van der Waals surface area contributed by atoms with E-state index in [9.17, 15) is 45.3 Å². The summed E-state index contributed by atoms with van der Waals surface area (Å²) in [5, 5.41) is 86.0. The Kier molecular flexibility index (Phi) is 10.2. The van der Waals surface area contributed by atoms with Crippen LogP contribution in [0.2, 0.25) is 0 Å². The molecule has 1 amide bonds. The van der Waals surface area contributed by atoms with Crippen molar-refractivity contribution in [3.8, 4) is 0 Å². The molecule has 4 heterocycles. The number of carboxylic acids is 1. The fourth-order valence-electron chi connectivity index (χ4n) is 16.0. The maximum Gasteiger partial charge on any atom is 0.310 e. The minimum atomic E-state index is -1.60. The number of rotatable bonds is 9. The predicted molar refractivity (Wildman–Crippen MR) is 215 cm³/mol. The topological polar surface area (TPSA) is 247 Å². The third-order valence-corrected chi connectivity index (χ3v) is 19.5. The van der Waals surface area contributed by atoms with Crippen molar-refractivity contribution >= 4 is 11.9 Å². The van der Waals surface area contributed by atoms with Crippen molar-refractivity contribution in [2.75, 3.05) is 26.4 Å². The number of allylic oxidation sites excluding steroid dienone is 2. The highest BCUT2D eigenvalue weighted by molar-refractivity contribution is 5.79. The zero-order valence-corrected chi connectivity index (χ0v) is 35.8. The van der Waals surface area contributed by atoms with Crippen molar-refractivity contribution in [1.82, 2.24) is 20.6 Å². The predicted octanol–water partition coefficient (Wildman–Crippen LogP) is 1.65.